The fraction of sp³-hybridized carbons (Fsp3) is 0.176. The van der Waals surface area contributed by atoms with E-state index in [-0.39, 0.29) is 0 Å². The molecule has 0 radical (unpaired) electrons. The second kappa shape index (κ2) is 5.70. The van der Waals surface area contributed by atoms with Crippen molar-refractivity contribution >= 4 is 16.5 Å². The van der Waals surface area contributed by atoms with Gasteiger partial charge in [0.05, 0.1) is 0 Å². The number of benzene rings is 1. The van der Waals surface area contributed by atoms with Gasteiger partial charge in [0.2, 0.25) is 0 Å². The maximum Gasteiger partial charge on any atom is 0.0444 e. The van der Waals surface area contributed by atoms with Crippen molar-refractivity contribution in [1.29, 1.82) is 0 Å². The molecule has 2 heterocycles. The maximum absolute atomic E-state index is 4.18. The molecule has 0 aliphatic carbocycles. The number of hydrogen-bond donors (Lipinski definition) is 0. The van der Waals surface area contributed by atoms with E-state index in [1.807, 2.05) is 24.8 Å². The largest absolute Gasteiger partial charge is 0.374 e. The lowest BCUT2D eigenvalue weighted by Crippen LogP contribution is -2.20. The van der Waals surface area contributed by atoms with E-state index in [1.165, 1.54) is 22.0 Å². The van der Waals surface area contributed by atoms with Crippen LogP contribution in [0.5, 0.6) is 0 Å². The average Bonchev–Trinajstić information content (AvgIpc) is 2.53. The monoisotopic (exact) mass is 263 g/mol. The molecule has 3 rings (SSSR count). The third-order valence-corrected chi connectivity index (χ3v) is 3.55. The Labute approximate surface area is 118 Å². The van der Waals surface area contributed by atoms with Crippen LogP contribution in [0.3, 0.4) is 0 Å². The third-order valence-electron chi connectivity index (χ3n) is 3.55. The average molecular weight is 263 g/mol. The minimum Gasteiger partial charge on any atom is -0.374 e. The summed E-state index contributed by atoms with van der Waals surface area (Å²) in [5, 5.41) is 2.43. The molecule has 1 aromatic carbocycles. The lowest BCUT2D eigenvalue weighted by Gasteiger charge is -2.21. The number of likely N-dealkylation sites (N-methyl/N-ethyl adjacent to an activating group) is 1. The molecule has 20 heavy (non-hydrogen) atoms. The Morgan fingerprint density at radius 3 is 2.60 bits per heavy atom. The van der Waals surface area contributed by atoms with E-state index in [4.69, 9.17) is 0 Å². The first-order chi connectivity index (χ1) is 9.84. The molecule has 0 saturated carbocycles. The minimum absolute atomic E-state index is 0.978. The fourth-order valence-corrected chi connectivity index (χ4v) is 2.41. The lowest BCUT2D eigenvalue weighted by atomic mass is 10.1. The van der Waals surface area contributed by atoms with Crippen LogP contribution in [0.2, 0.25) is 0 Å². The minimum atomic E-state index is 0.978. The molecule has 3 aromatic rings. The molecule has 0 unspecified atom stereocenters. The highest BCUT2D eigenvalue weighted by Crippen LogP contribution is 2.25. The predicted octanol–water partition coefficient (Wildman–Crippen LogP) is 3.31. The molecule has 100 valence electrons. The number of anilines is 1. The maximum atomic E-state index is 4.18. The number of fused-ring (bicyclic) bond motifs is 1. The Morgan fingerprint density at radius 2 is 1.75 bits per heavy atom. The summed E-state index contributed by atoms with van der Waals surface area (Å²) in [6.45, 7) is 0.978. The molecular formula is C17H17N3. The summed E-state index contributed by atoms with van der Waals surface area (Å²) in [4.78, 5) is 10.5. The lowest BCUT2D eigenvalue weighted by molar-refractivity contribution is 0.878. The van der Waals surface area contributed by atoms with Gasteiger partial charge >= 0.3 is 0 Å². The van der Waals surface area contributed by atoms with E-state index in [2.05, 4.69) is 58.3 Å². The van der Waals surface area contributed by atoms with E-state index in [9.17, 15) is 0 Å². The topological polar surface area (TPSA) is 29.0 Å². The molecule has 0 N–H and O–H groups in total. The molecule has 2 aromatic heterocycles. The second-order valence-electron chi connectivity index (χ2n) is 4.90. The SMILES string of the molecule is CN(CCc1ccncc1)c1cccc2cnccc12. The van der Waals surface area contributed by atoms with Crippen LogP contribution in [0.1, 0.15) is 5.56 Å². The van der Waals surface area contributed by atoms with Gasteiger partial charge in [-0.25, -0.2) is 0 Å². The Balaban J connectivity index is 1.80. The molecule has 3 nitrogen and oxygen atoms in total. The van der Waals surface area contributed by atoms with Gasteiger partial charge in [0.25, 0.3) is 0 Å². The molecule has 0 fully saturated rings. The summed E-state index contributed by atoms with van der Waals surface area (Å²) < 4.78 is 0. The number of hydrogen-bond acceptors (Lipinski definition) is 3. The highest BCUT2D eigenvalue weighted by molar-refractivity contribution is 5.93. The van der Waals surface area contributed by atoms with Gasteiger partial charge in [0, 0.05) is 54.8 Å². The molecule has 0 aliphatic rings. The fourth-order valence-electron chi connectivity index (χ4n) is 2.41. The van der Waals surface area contributed by atoms with Gasteiger partial charge in [-0.2, -0.15) is 0 Å². The summed E-state index contributed by atoms with van der Waals surface area (Å²) in [6, 6.07) is 12.6. The second-order valence-corrected chi connectivity index (χ2v) is 4.90. The summed E-state index contributed by atoms with van der Waals surface area (Å²) in [6.07, 6.45) is 8.47. The van der Waals surface area contributed by atoms with Gasteiger partial charge in [-0.3, -0.25) is 9.97 Å². The van der Waals surface area contributed by atoms with Crippen molar-refractivity contribution in [2.24, 2.45) is 0 Å². The molecule has 3 heteroatoms. The molecular weight excluding hydrogens is 246 g/mol. The molecule has 0 saturated heterocycles. The van der Waals surface area contributed by atoms with E-state index in [1.54, 1.807) is 0 Å². The van der Waals surface area contributed by atoms with Crippen LogP contribution in [0.4, 0.5) is 5.69 Å². The summed E-state index contributed by atoms with van der Waals surface area (Å²) in [5.74, 6) is 0. The Morgan fingerprint density at radius 1 is 0.950 bits per heavy atom. The van der Waals surface area contributed by atoms with Crippen LogP contribution in [0, 0.1) is 0 Å². The smallest absolute Gasteiger partial charge is 0.0444 e. The van der Waals surface area contributed by atoms with Crippen molar-refractivity contribution in [2.45, 2.75) is 6.42 Å². The predicted molar refractivity (Wildman–Crippen MR) is 83.0 cm³/mol. The van der Waals surface area contributed by atoms with E-state index >= 15 is 0 Å². The van der Waals surface area contributed by atoms with Crippen LogP contribution in [-0.4, -0.2) is 23.6 Å². The first-order valence-corrected chi connectivity index (χ1v) is 6.77. The van der Waals surface area contributed by atoms with E-state index in [0.29, 0.717) is 0 Å². The van der Waals surface area contributed by atoms with Crippen molar-refractivity contribution in [1.82, 2.24) is 9.97 Å². The van der Waals surface area contributed by atoms with Gasteiger partial charge in [-0.1, -0.05) is 12.1 Å². The zero-order valence-electron chi connectivity index (χ0n) is 11.5. The van der Waals surface area contributed by atoms with Gasteiger partial charge in [-0.15, -0.1) is 0 Å². The van der Waals surface area contributed by atoms with Crippen LogP contribution in [-0.2, 0) is 6.42 Å². The normalized spacial score (nSPS) is 10.7. The van der Waals surface area contributed by atoms with Crippen LogP contribution < -0.4 is 4.90 Å². The van der Waals surface area contributed by atoms with Gasteiger partial charge in [0.15, 0.2) is 0 Å². The summed E-state index contributed by atoms with van der Waals surface area (Å²) in [5.41, 5.74) is 2.56. The highest BCUT2D eigenvalue weighted by Gasteiger charge is 2.05. The van der Waals surface area contributed by atoms with Crippen molar-refractivity contribution in [3.8, 4) is 0 Å². The first-order valence-electron chi connectivity index (χ1n) is 6.77. The summed E-state index contributed by atoms with van der Waals surface area (Å²) >= 11 is 0. The van der Waals surface area contributed by atoms with Crippen molar-refractivity contribution < 1.29 is 0 Å². The van der Waals surface area contributed by atoms with Crippen LogP contribution in [0.15, 0.2) is 61.2 Å². The van der Waals surface area contributed by atoms with E-state index < -0.39 is 0 Å². The Kier molecular flexibility index (Phi) is 3.59. The number of rotatable bonds is 4. The molecule has 0 aliphatic heterocycles. The van der Waals surface area contributed by atoms with E-state index in [0.717, 1.165) is 13.0 Å². The van der Waals surface area contributed by atoms with Crippen LogP contribution >= 0.6 is 0 Å². The van der Waals surface area contributed by atoms with Crippen molar-refractivity contribution in [2.75, 3.05) is 18.5 Å². The quantitative estimate of drug-likeness (QED) is 0.723. The standard InChI is InChI=1S/C17H17N3/c1-20(12-8-14-5-9-18-10-6-14)17-4-2-3-15-13-19-11-7-16(15)17/h2-7,9-11,13H,8,12H2,1H3. The molecule has 0 amide bonds. The van der Waals surface area contributed by atoms with Crippen molar-refractivity contribution in [3.63, 3.8) is 0 Å². The number of aromatic nitrogens is 2. The van der Waals surface area contributed by atoms with Gasteiger partial charge in [-0.05, 0) is 36.2 Å². The number of nitrogens with zero attached hydrogens (tertiary/aromatic N) is 3. The van der Waals surface area contributed by atoms with Crippen LogP contribution in [0.25, 0.3) is 10.8 Å². The summed E-state index contributed by atoms with van der Waals surface area (Å²) in [7, 11) is 2.14. The zero-order chi connectivity index (χ0) is 13.8. The molecule has 0 spiro atoms. The highest BCUT2D eigenvalue weighted by atomic mass is 15.1. The van der Waals surface area contributed by atoms with Gasteiger partial charge < -0.3 is 4.90 Å². The van der Waals surface area contributed by atoms with Gasteiger partial charge in [0.1, 0.15) is 0 Å². The Bertz CT molecular complexity index is 689. The van der Waals surface area contributed by atoms with Crippen molar-refractivity contribution in [3.05, 3.63) is 66.7 Å². The third kappa shape index (κ3) is 2.62. The molecule has 0 bridgehead atoms. The Hall–Kier alpha value is -2.42. The molecule has 0 atom stereocenters. The number of pyridine rings is 2. The first kappa shape index (κ1) is 12.6. The zero-order valence-corrected chi connectivity index (χ0v) is 11.5.